The van der Waals surface area contributed by atoms with Gasteiger partial charge in [-0.3, -0.25) is 14.9 Å². The molecule has 1 aromatic carbocycles. The topological polar surface area (TPSA) is 69.4 Å². The van der Waals surface area contributed by atoms with Crippen LogP contribution < -0.4 is 0 Å². The highest BCUT2D eigenvalue weighted by atomic mass is 19.1. The molecule has 1 rings (SSSR count). The molecule has 0 aliphatic rings. The minimum absolute atomic E-state index is 0.00168. The number of carbonyl (C=O) groups excluding carboxylic acids is 1. The zero-order chi connectivity index (χ0) is 13.8. The maximum atomic E-state index is 12.8. The molecule has 0 heterocycles. The molecule has 0 bridgehead atoms. The fourth-order valence-corrected chi connectivity index (χ4v) is 1.60. The van der Waals surface area contributed by atoms with Crippen LogP contribution in [-0.4, -0.2) is 18.0 Å². The zero-order valence-electron chi connectivity index (χ0n) is 10.2. The van der Waals surface area contributed by atoms with Crippen molar-refractivity contribution in [2.45, 2.75) is 25.3 Å². The first-order valence-corrected chi connectivity index (χ1v) is 5.37. The largest absolute Gasteiger partial charge is 0.469 e. The molecule has 1 atom stereocenters. The molecule has 0 aliphatic carbocycles. The van der Waals surface area contributed by atoms with Gasteiger partial charge in [0.15, 0.2) is 0 Å². The summed E-state index contributed by atoms with van der Waals surface area (Å²) >= 11 is 0. The zero-order valence-corrected chi connectivity index (χ0v) is 10.2. The van der Waals surface area contributed by atoms with Crippen LogP contribution in [0.3, 0.4) is 0 Å². The van der Waals surface area contributed by atoms with Gasteiger partial charge in [0.1, 0.15) is 5.82 Å². The molecule has 6 heteroatoms. The third-order valence-corrected chi connectivity index (χ3v) is 2.91. The van der Waals surface area contributed by atoms with Crippen LogP contribution in [0.4, 0.5) is 4.39 Å². The van der Waals surface area contributed by atoms with Gasteiger partial charge >= 0.3 is 5.97 Å². The van der Waals surface area contributed by atoms with Crippen LogP contribution in [0.1, 0.15) is 25.3 Å². The summed E-state index contributed by atoms with van der Waals surface area (Å²) in [7, 11) is 1.23. The number of nitro groups is 1. The number of hydrogen-bond donors (Lipinski definition) is 0. The van der Waals surface area contributed by atoms with Crippen molar-refractivity contribution in [1.29, 1.82) is 0 Å². The number of nitrogens with zero attached hydrogens (tertiary/aromatic N) is 1. The Hall–Kier alpha value is -1.98. The molecular weight excluding hydrogens is 241 g/mol. The summed E-state index contributed by atoms with van der Waals surface area (Å²) in [5, 5.41) is 11.2. The Morgan fingerprint density at radius 2 is 2.00 bits per heavy atom. The lowest BCUT2D eigenvalue weighted by Crippen LogP contribution is -2.32. The molecule has 18 heavy (non-hydrogen) atoms. The fourth-order valence-electron chi connectivity index (χ4n) is 1.60. The van der Waals surface area contributed by atoms with Crippen LogP contribution in [0.15, 0.2) is 24.3 Å². The molecule has 1 aromatic rings. The predicted molar refractivity (Wildman–Crippen MR) is 62.0 cm³/mol. The summed E-state index contributed by atoms with van der Waals surface area (Å²) in [5.74, 6) is -0.970. The minimum Gasteiger partial charge on any atom is -0.469 e. The lowest BCUT2D eigenvalue weighted by atomic mass is 9.88. The maximum absolute atomic E-state index is 12.8. The summed E-state index contributed by atoms with van der Waals surface area (Å²) in [5.41, 5.74) is -1.07. The van der Waals surface area contributed by atoms with E-state index in [2.05, 4.69) is 4.74 Å². The molecule has 0 amide bonds. The number of methoxy groups -OCH3 is 1. The number of hydrogen-bond acceptors (Lipinski definition) is 4. The van der Waals surface area contributed by atoms with Gasteiger partial charge in [-0.2, -0.15) is 0 Å². The maximum Gasteiger partial charge on any atom is 0.305 e. The molecule has 0 aromatic heterocycles. The van der Waals surface area contributed by atoms with E-state index in [9.17, 15) is 19.3 Å². The summed E-state index contributed by atoms with van der Waals surface area (Å²) in [6.45, 7) is 1.41. The van der Waals surface area contributed by atoms with E-state index in [1.165, 1.54) is 26.2 Å². The number of benzene rings is 1. The monoisotopic (exact) mass is 255 g/mol. The van der Waals surface area contributed by atoms with Crippen LogP contribution in [0.2, 0.25) is 0 Å². The SMILES string of the molecule is COC(=O)CCC(C)(c1ccc(F)cc1)[N+](=O)[O-]. The quantitative estimate of drug-likeness (QED) is 0.459. The Labute approximate surface area is 104 Å². The highest BCUT2D eigenvalue weighted by molar-refractivity contribution is 5.69. The van der Waals surface area contributed by atoms with Crippen molar-refractivity contribution in [3.8, 4) is 0 Å². The Kier molecular flexibility index (Phi) is 4.36. The second-order valence-electron chi connectivity index (χ2n) is 4.11. The second-order valence-corrected chi connectivity index (χ2v) is 4.11. The van der Waals surface area contributed by atoms with Crippen molar-refractivity contribution < 1.29 is 18.8 Å². The lowest BCUT2D eigenvalue weighted by Gasteiger charge is -2.20. The van der Waals surface area contributed by atoms with Gasteiger partial charge in [0.05, 0.1) is 13.5 Å². The minimum atomic E-state index is -1.43. The van der Waals surface area contributed by atoms with Gasteiger partial charge in [-0.25, -0.2) is 4.39 Å². The molecular formula is C12H14FNO4. The molecule has 0 fully saturated rings. The van der Waals surface area contributed by atoms with E-state index in [4.69, 9.17) is 0 Å². The van der Waals surface area contributed by atoms with Crippen molar-refractivity contribution in [2.24, 2.45) is 0 Å². The molecule has 5 nitrogen and oxygen atoms in total. The van der Waals surface area contributed by atoms with E-state index in [0.717, 1.165) is 12.1 Å². The van der Waals surface area contributed by atoms with Gasteiger partial charge in [0, 0.05) is 23.8 Å². The number of halogens is 1. The van der Waals surface area contributed by atoms with E-state index in [-0.39, 0.29) is 12.8 Å². The van der Waals surface area contributed by atoms with Gasteiger partial charge in [-0.15, -0.1) is 0 Å². The van der Waals surface area contributed by atoms with Crippen LogP contribution in [0.25, 0.3) is 0 Å². The van der Waals surface area contributed by atoms with Crippen molar-refractivity contribution in [1.82, 2.24) is 0 Å². The van der Waals surface area contributed by atoms with E-state index in [0.29, 0.717) is 5.56 Å². The molecule has 0 N–H and O–H groups in total. The van der Waals surface area contributed by atoms with Gasteiger partial charge in [0.2, 0.25) is 5.54 Å². The van der Waals surface area contributed by atoms with Crippen molar-refractivity contribution >= 4 is 5.97 Å². The fraction of sp³-hybridized carbons (Fsp3) is 0.417. The van der Waals surface area contributed by atoms with Gasteiger partial charge < -0.3 is 4.74 Å². The third-order valence-electron chi connectivity index (χ3n) is 2.91. The van der Waals surface area contributed by atoms with Crippen molar-refractivity contribution in [3.05, 3.63) is 45.8 Å². The first-order chi connectivity index (χ1) is 8.40. The normalized spacial score (nSPS) is 13.7. The van der Waals surface area contributed by atoms with Gasteiger partial charge in [0.25, 0.3) is 0 Å². The average Bonchev–Trinajstić information content (AvgIpc) is 2.36. The highest BCUT2D eigenvalue weighted by Gasteiger charge is 2.39. The lowest BCUT2D eigenvalue weighted by molar-refractivity contribution is -0.575. The summed E-state index contributed by atoms with van der Waals surface area (Å²) in [6.07, 6.45) is -0.0658. The first-order valence-electron chi connectivity index (χ1n) is 5.37. The van der Waals surface area contributed by atoms with Gasteiger partial charge in [-0.1, -0.05) is 0 Å². The van der Waals surface area contributed by atoms with Crippen molar-refractivity contribution in [3.63, 3.8) is 0 Å². The van der Waals surface area contributed by atoms with Crippen LogP contribution in [0.5, 0.6) is 0 Å². The highest BCUT2D eigenvalue weighted by Crippen LogP contribution is 2.29. The smallest absolute Gasteiger partial charge is 0.305 e. The number of esters is 1. The molecule has 98 valence electrons. The molecule has 0 spiro atoms. The Morgan fingerprint density at radius 1 is 1.44 bits per heavy atom. The first kappa shape index (κ1) is 14.1. The second kappa shape index (κ2) is 5.57. The van der Waals surface area contributed by atoms with E-state index >= 15 is 0 Å². The number of carbonyl (C=O) groups is 1. The molecule has 0 aliphatic heterocycles. The summed E-state index contributed by atoms with van der Waals surface area (Å²) in [6, 6.07) is 5.04. The summed E-state index contributed by atoms with van der Waals surface area (Å²) < 4.78 is 17.3. The number of ether oxygens (including phenoxy) is 1. The van der Waals surface area contributed by atoms with Crippen molar-refractivity contribution in [2.75, 3.05) is 7.11 Å². The third kappa shape index (κ3) is 3.03. The van der Waals surface area contributed by atoms with E-state index in [1.54, 1.807) is 0 Å². The molecule has 0 saturated heterocycles. The summed E-state index contributed by atoms with van der Waals surface area (Å²) in [4.78, 5) is 21.8. The van der Waals surface area contributed by atoms with Crippen LogP contribution in [-0.2, 0) is 15.1 Å². The standard InChI is InChI=1S/C12H14FNO4/c1-12(14(16)17,8-7-11(15)18-2)9-3-5-10(13)6-4-9/h3-6H,7-8H2,1-2H3. The predicted octanol–water partition coefficient (Wildman–Crippen LogP) is 2.27. The van der Waals surface area contributed by atoms with Crippen LogP contribution in [0, 0.1) is 15.9 Å². The van der Waals surface area contributed by atoms with Gasteiger partial charge in [-0.05, 0) is 24.3 Å². The van der Waals surface area contributed by atoms with Crippen LogP contribution >= 0.6 is 0 Å². The van der Waals surface area contributed by atoms with E-state index in [1.807, 2.05) is 0 Å². The Bertz CT molecular complexity index is 446. The Morgan fingerprint density at radius 3 is 2.44 bits per heavy atom. The number of rotatable bonds is 5. The molecule has 0 saturated carbocycles. The Balaban J connectivity index is 2.96. The average molecular weight is 255 g/mol. The molecule has 0 radical (unpaired) electrons. The van der Waals surface area contributed by atoms with E-state index < -0.39 is 22.2 Å². The molecule has 1 unspecified atom stereocenters.